The molecule has 2 aliphatic rings. The first-order chi connectivity index (χ1) is 24.7. The Morgan fingerprint density at radius 3 is 1.75 bits per heavy atom. The number of carbonyl (C=O) groups excluding carboxylic acids is 2. The zero-order valence-electron chi connectivity index (χ0n) is 31.6. The number of pyridine rings is 2. The van der Waals surface area contributed by atoms with Gasteiger partial charge in [0.1, 0.15) is 22.3 Å². The molecule has 288 valence electrons. The van der Waals surface area contributed by atoms with E-state index in [1.54, 1.807) is 60.0 Å². The summed E-state index contributed by atoms with van der Waals surface area (Å²) in [5.41, 5.74) is -0.993. The Morgan fingerprint density at radius 2 is 1.28 bits per heavy atom. The lowest BCUT2D eigenvalue weighted by molar-refractivity contribution is 0.00505. The number of aromatic amines is 1. The van der Waals surface area contributed by atoms with Gasteiger partial charge in [-0.25, -0.2) is 19.4 Å². The number of aromatic nitrogens is 6. The number of hydrogen-bond donors (Lipinski definition) is 1. The van der Waals surface area contributed by atoms with Crippen molar-refractivity contribution in [3.05, 3.63) is 77.8 Å². The van der Waals surface area contributed by atoms with Gasteiger partial charge in [-0.2, -0.15) is 28.2 Å². The van der Waals surface area contributed by atoms with Crippen molar-refractivity contribution in [3.8, 4) is 17.6 Å². The van der Waals surface area contributed by atoms with Gasteiger partial charge in [-0.1, -0.05) is 13.8 Å². The zero-order valence-corrected chi connectivity index (χ0v) is 31.6. The van der Waals surface area contributed by atoms with Crippen molar-refractivity contribution in [2.45, 2.75) is 105 Å². The molecule has 1 N–H and O–H groups in total. The fraction of sp³-hybridized carbons (Fsp3) is 0.526. The predicted molar refractivity (Wildman–Crippen MR) is 189 cm³/mol. The van der Waals surface area contributed by atoms with Gasteiger partial charge in [-0.3, -0.25) is 0 Å². The van der Waals surface area contributed by atoms with Crippen LogP contribution in [0.5, 0.6) is 11.8 Å². The molecular formula is C38H49F3N6O6. The van der Waals surface area contributed by atoms with Crippen molar-refractivity contribution >= 4 is 11.9 Å². The van der Waals surface area contributed by atoms with Gasteiger partial charge < -0.3 is 18.9 Å². The zero-order chi connectivity index (χ0) is 39.0. The van der Waals surface area contributed by atoms with Crippen LogP contribution in [0.4, 0.5) is 13.2 Å². The molecule has 0 aromatic carbocycles. The third kappa shape index (κ3) is 13.8. The summed E-state index contributed by atoms with van der Waals surface area (Å²) in [6.07, 6.45) is 10.7. The minimum Gasteiger partial charge on any atom is -0.478 e. The summed E-state index contributed by atoms with van der Waals surface area (Å²) in [5, 5.41) is 10.8. The Balaban J connectivity index is 0.000000196. The second kappa shape index (κ2) is 16.8. The summed E-state index contributed by atoms with van der Waals surface area (Å²) in [7, 11) is 0. The van der Waals surface area contributed by atoms with Crippen LogP contribution in [0.2, 0.25) is 0 Å². The van der Waals surface area contributed by atoms with Gasteiger partial charge in [-0.15, -0.1) is 5.10 Å². The second-order valence-corrected chi connectivity index (χ2v) is 15.8. The largest absolute Gasteiger partial charge is 0.478 e. The summed E-state index contributed by atoms with van der Waals surface area (Å²) < 4.78 is 62.3. The predicted octanol–water partition coefficient (Wildman–Crippen LogP) is 8.22. The van der Waals surface area contributed by atoms with E-state index in [0.29, 0.717) is 23.3 Å². The van der Waals surface area contributed by atoms with Crippen LogP contribution in [0.3, 0.4) is 0 Å². The van der Waals surface area contributed by atoms with E-state index in [0.717, 1.165) is 37.5 Å². The fourth-order valence-electron chi connectivity index (χ4n) is 4.51. The molecular weight excluding hydrogens is 693 g/mol. The molecule has 0 bridgehead atoms. The van der Waals surface area contributed by atoms with Crippen LogP contribution in [-0.4, -0.2) is 66.3 Å². The average molecular weight is 743 g/mol. The van der Waals surface area contributed by atoms with Crippen molar-refractivity contribution in [2.24, 2.45) is 10.8 Å². The third-order valence-electron chi connectivity index (χ3n) is 8.29. The molecule has 0 unspecified atom stereocenters. The van der Waals surface area contributed by atoms with E-state index in [-0.39, 0.29) is 16.9 Å². The van der Waals surface area contributed by atoms with Gasteiger partial charge in [0.25, 0.3) is 0 Å². The molecule has 0 saturated heterocycles. The molecule has 12 nitrogen and oxygen atoms in total. The van der Waals surface area contributed by atoms with E-state index >= 15 is 0 Å². The number of carbonyl (C=O) groups is 2. The van der Waals surface area contributed by atoms with Crippen molar-refractivity contribution in [1.82, 2.24) is 29.9 Å². The number of hydrogen-bond acceptors (Lipinski definition) is 10. The molecule has 2 fully saturated rings. The molecule has 4 heterocycles. The van der Waals surface area contributed by atoms with Crippen molar-refractivity contribution < 1.29 is 41.7 Å². The van der Waals surface area contributed by atoms with Crippen molar-refractivity contribution in [2.75, 3.05) is 13.2 Å². The molecule has 0 aliphatic heterocycles. The summed E-state index contributed by atoms with van der Waals surface area (Å²) >= 11 is 0. The molecule has 2 aliphatic carbocycles. The number of nitrogens with zero attached hydrogens (tertiary/aromatic N) is 5. The smallest absolute Gasteiger partial charge is 0.343 e. The van der Waals surface area contributed by atoms with Gasteiger partial charge in [0.05, 0.1) is 19.4 Å². The standard InChI is InChI=1S/C19H24FN3O3.C10H11F2NO2.C9H14N2O/c1-18(2,3)26-17(24)13-5-6-14(21-16(13)20)23-11-7-15(22-23)25-12-10-19(4)8-9-19;1-10(2,3)15-9(14)6-4-5-7(11)13-8(6)12;1-9(3-4-9)5-7-12-8-2-6-10-11-8/h5-7,11H,8-10,12H2,1-4H3;4-5H,1-3H3;2,6H,3-5,7H2,1H3,(H,10,11). The summed E-state index contributed by atoms with van der Waals surface area (Å²) in [5.74, 6) is -3.12. The van der Waals surface area contributed by atoms with Crippen LogP contribution in [0, 0.1) is 28.7 Å². The lowest BCUT2D eigenvalue weighted by Crippen LogP contribution is -2.24. The highest BCUT2D eigenvalue weighted by Gasteiger charge is 2.37. The van der Waals surface area contributed by atoms with Gasteiger partial charge in [0.2, 0.25) is 29.6 Å². The Kier molecular flexibility index (Phi) is 12.9. The van der Waals surface area contributed by atoms with Crippen molar-refractivity contribution in [3.63, 3.8) is 0 Å². The molecule has 4 aromatic heterocycles. The number of ether oxygens (including phenoxy) is 4. The Labute approximate surface area is 307 Å². The Morgan fingerprint density at radius 1 is 0.755 bits per heavy atom. The minimum atomic E-state index is -1.16. The van der Waals surface area contributed by atoms with Gasteiger partial charge in [0, 0.05) is 18.3 Å². The molecule has 53 heavy (non-hydrogen) atoms. The topological polar surface area (TPSA) is 143 Å². The molecule has 2 saturated carbocycles. The third-order valence-corrected chi connectivity index (χ3v) is 8.29. The van der Waals surface area contributed by atoms with Crippen LogP contribution < -0.4 is 9.47 Å². The van der Waals surface area contributed by atoms with Crippen LogP contribution in [0.25, 0.3) is 5.82 Å². The van der Waals surface area contributed by atoms with Gasteiger partial charge in [0.15, 0.2) is 5.82 Å². The van der Waals surface area contributed by atoms with Crippen LogP contribution in [-0.2, 0) is 9.47 Å². The quantitative estimate of drug-likeness (QED) is 0.118. The first-order valence-corrected chi connectivity index (χ1v) is 17.5. The monoisotopic (exact) mass is 742 g/mol. The highest BCUT2D eigenvalue weighted by atomic mass is 19.1. The SMILES string of the molecule is CC(C)(C)OC(=O)c1ccc(F)nc1F.CC1(CCOc2ccn(-c3ccc(C(=O)OC(C)(C)C)c(F)n3)n2)CC1.CC1(CCOc2ccn[nH]2)CC1. The Hall–Kier alpha value is -4.95. The number of esters is 2. The van der Waals surface area contributed by atoms with Gasteiger partial charge >= 0.3 is 11.9 Å². The maximum absolute atomic E-state index is 14.2. The number of H-pyrrole nitrogens is 1. The minimum absolute atomic E-state index is 0.204. The number of halogens is 3. The summed E-state index contributed by atoms with van der Waals surface area (Å²) in [4.78, 5) is 30.1. The molecule has 0 atom stereocenters. The first kappa shape index (κ1) is 40.8. The van der Waals surface area contributed by atoms with E-state index in [2.05, 4.69) is 39.1 Å². The van der Waals surface area contributed by atoms with E-state index in [4.69, 9.17) is 18.9 Å². The molecule has 0 spiro atoms. The van der Waals surface area contributed by atoms with Gasteiger partial charge in [-0.05, 0) is 115 Å². The molecule has 15 heteroatoms. The normalized spacial score (nSPS) is 15.2. The first-order valence-electron chi connectivity index (χ1n) is 17.5. The van der Waals surface area contributed by atoms with Crippen molar-refractivity contribution in [1.29, 1.82) is 0 Å². The maximum atomic E-state index is 14.2. The summed E-state index contributed by atoms with van der Waals surface area (Å²) in [6.45, 7) is 16.1. The fourth-order valence-corrected chi connectivity index (χ4v) is 4.51. The highest BCUT2D eigenvalue weighted by Crippen LogP contribution is 2.48. The molecule has 0 amide bonds. The second-order valence-electron chi connectivity index (χ2n) is 15.8. The molecule has 6 rings (SSSR count). The van der Waals surface area contributed by atoms with E-state index in [1.165, 1.54) is 42.5 Å². The van der Waals surface area contributed by atoms with Crippen LogP contribution in [0.1, 0.15) is 115 Å². The Bertz CT molecular complexity index is 1830. The summed E-state index contributed by atoms with van der Waals surface area (Å²) in [6, 6.07) is 8.33. The highest BCUT2D eigenvalue weighted by molar-refractivity contribution is 5.90. The maximum Gasteiger partial charge on any atom is 0.343 e. The number of rotatable bonds is 11. The molecule has 4 aromatic rings. The lowest BCUT2D eigenvalue weighted by Gasteiger charge is -2.19. The van der Waals surface area contributed by atoms with Crippen LogP contribution >= 0.6 is 0 Å². The van der Waals surface area contributed by atoms with Crippen LogP contribution in [0.15, 0.2) is 48.8 Å². The lowest BCUT2D eigenvalue weighted by atomic mass is 10.1. The average Bonchev–Trinajstić information content (AvgIpc) is 3.78. The van der Waals surface area contributed by atoms with E-state index < -0.39 is 41.0 Å². The molecule has 0 radical (unpaired) electrons. The van der Waals surface area contributed by atoms with E-state index in [9.17, 15) is 22.8 Å². The number of nitrogens with one attached hydrogen (secondary N) is 1. The van der Waals surface area contributed by atoms with E-state index in [1.807, 2.05) is 6.07 Å².